The molecule has 1 aromatic carbocycles. The number of benzene rings is 1. The minimum absolute atomic E-state index is 0.00378. The molecule has 0 bridgehead atoms. The number of aromatic amines is 1. The molecule has 0 radical (unpaired) electrons. The van der Waals surface area contributed by atoms with E-state index in [1.54, 1.807) is 0 Å². The Balaban J connectivity index is 1.74. The number of ketones is 1. The molecule has 1 heterocycles. The van der Waals surface area contributed by atoms with Gasteiger partial charge >= 0.3 is 5.97 Å². The van der Waals surface area contributed by atoms with E-state index in [-0.39, 0.29) is 17.2 Å². The van der Waals surface area contributed by atoms with Crippen molar-refractivity contribution in [3.05, 3.63) is 53.4 Å². The second-order valence-corrected chi connectivity index (χ2v) is 5.39. The second-order valence-electron chi connectivity index (χ2n) is 5.39. The van der Waals surface area contributed by atoms with Gasteiger partial charge in [0.1, 0.15) is 5.69 Å². The summed E-state index contributed by atoms with van der Waals surface area (Å²) in [6.07, 6.45) is 1.33. The third-order valence-corrected chi connectivity index (χ3v) is 3.29. The number of ether oxygens (including phenoxy) is 1. The lowest BCUT2D eigenvalue weighted by Crippen LogP contribution is -2.35. The largest absolute Gasteiger partial charge is 0.451 e. The molecule has 27 heavy (non-hydrogen) atoms. The minimum Gasteiger partial charge on any atom is -0.451 e. The quantitative estimate of drug-likeness (QED) is 0.497. The summed E-state index contributed by atoms with van der Waals surface area (Å²) in [5, 5.41) is 4.46. The Morgan fingerprint density at radius 1 is 1.07 bits per heavy atom. The molecule has 3 N–H and O–H groups in total. The van der Waals surface area contributed by atoms with E-state index in [1.807, 2.05) is 0 Å². The highest BCUT2D eigenvalue weighted by molar-refractivity contribution is 5.98. The van der Waals surface area contributed by atoms with Crippen LogP contribution in [0.5, 0.6) is 0 Å². The molecular formula is C17H15F2N3O5. The van der Waals surface area contributed by atoms with Gasteiger partial charge in [-0.3, -0.25) is 14.4 Å². The predicted octanol–water partition coefficient (Wildman–Crippen LogP) is 1.41. The first-order valence-corrected chi connectivity index (χ1v) is 7.64. The van der Waals surface area contributed by atoms with Crippen molar-refractivity contribution < 1.29 is 32.7 Å². The number of carbonyl (C=O) groups excluding carboxylic acids is 4. The van der Waals surface area contributed by atoms with Crippen molar-refractivity contribution in [2.24, 2.45) is 0 Å². The summed E-state index contributed by atoms with van der Waals surface area (Å²) in [5.41, 5.74) is 0.317. The molecule has 2 rings (SSSR count). The molecule has 0 aliphatic heterocycles. The Kier molecular flexibility index (Phi) is 6.36. The molecule has 142 valence electrons. The fourth-order valence-electron chi connectivity index (χ4n) is 1.93. The number of carbonyl (C=O) groups is 4. The van der Waals surface area contributed by atoms with E-state index in [1.165, 1.54) is 19.2 Å². The monoisotopic (exact) mass is 379 g/mol. The van der Waals surface area contributed by atoms with E-state index in [0.717, 1.165) is 18.2 Å². The molecule has 0 spiro atoms. The van der Waals surface area contributed by atoms with E-state index >= 15 is 0 Å². The van der Waals surface area contributed by atoms with Gasteiger partial charge in [0.05, 0.1) is 6.54 Å². The number of hydrogen-bond donors (Lipinski definition) is 3. The van der Waals surface area contributed by atoms with Crippen LogP contribution in [-0.4, -0.2) is 41.7 Å². The first kappa shape index (κ1) is 19.8. The Labute approximate surface area is 151 Å². The Hall–Kier alpha value is -3.56. The Bertz CT molecular complexity index is 894. The molecule has 0 aliphatic carbocycles. The van der Waals surface area contributed by atoms with Crippen LogP contribution in [0.1, 0.15) is 27.8 Å². The summed E-state index contributed by atoms with van der Waals surface area (Å²) >= 11 is 0. The fraction of sp³-hybridized carbons (Fsp3) is 0.176. The van der Waals surface area contributed by atoms with Gasteiger partial charge < -0.3 is 20.4 Å². The van der Waals surface area contributed by atoms with Crippen LogP contribution >= 0.6 is 0 Å². The predicted molar refractivity (Wildman–Crippen MR) is 89.1 cm³/mol. The third kappa shape index (κ3) is 5.73. The van der Waals surface area contributed by atoms with Crippen LogP contribution in [0.2, 0.25) is 0 Å². The average Bonchev–Trinajstić information content (AvgIpc) is 3.11. The van der Waals surface area contributed by atoms with Crippen LogP contribution in [-0.2, 0) is 14.3 Å². The number of anilines is 1. The third-order valence-electron chi connectivity index (χ3n) is 3.29. The van der Waals surface area contributed by atoms with Crippen molar-refractivity contribution >= 4 is 29.3 Å². The van der Waals surface area contributed by atoms with Gasteiger partial charge in [0.2, 0.25) is 5.91 Å². The van der Waals surface area contributed by atoms with Crippen LogP contribution in [0.3, 0.4) is 0 Å². The molecule has 8 nitrogen and oxygen atoms in total. The van der Waals surface area contributed by atoms with Crippen molar-refractivity contribution in [2.75, 3.05) is 18.5 Å². The number of hydrogen-bond acceptors (Lipinski definition) is 5. The van der Waals surface area contributed by atoms with Crippen molar-refractivity contribution in [1.29, 1.82) is 0 Å². The standard InChI is InChI=1S/C17H15F2N3O5/c1-9(23)10-4-14(20-6-10)17(26)27-8-16(25)21-7-15(24)22-11-2-3-12(18)13(19)5-11/h2-6,20H,7-8H2,1H3,(H,21,25)(H,22,24). The van der Waals surface area contributed by atoms with Gasteiger partial charge in [0, 0.05) is 23.5 Å². The molecule has 0 saturated carbocycles. The Morgan fingerprint density at radius 2 is 1.81 bits per heavy atom. The lowest BCUT2D eigenvalue weighted by Gasteiger charge is -2.07. The highest BCUT2D eigenvalue weighted by atomic mass is 19.2. The molecule has 2 aromatic rings. The highest BCUT2D eigenvalue weighted by Gasteiger charge is 2.14. The number of aromatic nitrogens is 1. The summed E-state index contributed by atoms with van der Waals surface area (Å²) in [6.45, 7) is 0.217. The normalized spacial score (nSPS) is 10.2. The van der Waals surface area contributed by atoms with Gasteiger partial charge in [-0.1, -0.05) is 0 Å². The van der Waals surface area contributed by atoms with Crippen LogP contribution in [0, 0.1) is 11.6 Å². The summed E-state index contributed by atoms with van der Waals surface area (Å²) in [4.78, 5) is 48.7. The van der Waals surface area contributed by atoms with E-state index in [2.05, 4.69) is 15.6 Å². The number of Topliss-reactive ketones (excluding diaryl/α,β-unsaturated/α-hetero) is 1. The van der Waals surface area contributed by atoms with Crippen molar-refractivity contribution in [3.63, 3.8) is 0 Å². The van der Waals surface area contributed by atoms with Gasteiger partial charge in [-0.2, -0.15) is 0 Å². The van der Waals surface area contributed by atoms with E-state index < -0.39 is 42.6 Å². The topological polar surface area (TPSA) is 117 Å². The number of rotatable bonds is 7. The first-order chi connectivity index (χ1) is 12.8. The zero-order valence-corrected chi connectivity index (χ0v) is 14.1. The number of H-pyrrole nitrogens is 1. The van der Waals surface area contributed by atoms with Crippen LogP contribution in [0.15, 0.2) is 30.5 Å². The van der Waals surface area contributed by atoms with Gasteiger partial charge in [-0.05, 0) is 25.1 Å². The van der Waals surface area contributed by atoms with Gasteiger partial charge in [-0.15, -0.1) is 0 Å². The SMILES string of the molecule is CC(=O)c1c[nH]c(C(=O)OCC(=O)NCC(=O)Nc2ccc(F)c(F)c2)c1. The summed E-state index contributed by atoms with van der Waals surface area (Å²) in [7, 11) is 0. The average molecular weight is 379 g/mol. The lowest BCUT2D eigenvalue weighted by molar-refractivity contribution is -0.126. The molecule has 0 unspecified atom stereocenters. The van der Waals surface area contributed by atoms with Gasteiger partial charge in [0.25, 0.3) is 5.91 Å². The van der Waals surface area contributed by atoms with Gasteiger partial charge in [-0.25, -0.2) is 13.6 Å². The molecular weight excluding hydrogens is 364 g/mol. The maximum Gasteiger partial charge on any atom is 0.355 e. The van der Waals surface area contributed by atoms with Crippen molar-refractivity contribution in [1.82, 2.24) is 10.3 Å². The molecule has 2 amide bonds. The minimum atomic E-state index is -1.12. The zero-order chi connectivity index (χ0) is 20.0. The molecule has 0 saturated heterocycles. The lowest BCUT2D eigenvalue weighted by atomic mass is 10.2. The first-order valence-electron chi connectivity index (χ1n) is 7.64. The highest BCUT2D eigenvalue weighted by Crippen LogP contribution is 2.12. The van der Waals surface area contributed by atoms with E-state index in [0.29, 0.717) is 5.56 Å². The number of esters is 1. The number of nitrogens with one attached hydrogen (secondary N) is 3. The van der Waals surface area contributed by atoms with Crippen LogP contribution in [0.4, 0.5) is 14.5 Å². The second kappa shape index (κ2) is 8.70. The summed E-state index contributed by atoms with van der Waals surface area (Å²) in [5.74, 6) is -4.70. The van der Waals surface area contributed by atoms with E-state index in [9.17, 15) is 28.0 Å². The van der Waals surface area contributed by atoms with Crippen molar-refractivity contribution in [3.8, 4) is 0 Å². The van der Waals surface area contributed by atoms with Gasteiger partial charge in [0.15, 0.2) is 24.0 Å². The van der Waals surface area contributed by atoms with Crippen molar-refractivity contribution in [2.45, 2.75) is 6.92 Å². The molecule has 0 atom stereocenters. The summed E-state index contributed by atoms with van der Waals surface area (Å²) < 4.78 is 30.6. The molecule has 0 aliphatic rings. The number of amides is 2. The smallest absolute Gasteiger partial charge is 0.355 e. The van der Waals surface area contributed by atoms with Crippen LogP contribution in [0.25, 0.3) is 0 Å². The molecule has 0 fully saturated rings. The molecule has 10 heteroatoms. The Morgan fingerprint density at radius 3 is 2.44 bits per heavy atom. The maximum atomic E-state index is 13.0. The van der Waals surface area contributed by atoms with E-state index in [4.69, 9.17) is 4.74 Å². The fourth-order valence-corrected chi connectivity index (χ4v) is 1.93. The molecule has 1 aromatic heterocycles. The van der Waals surface area contributed by atoms with Crippen LogP contribution < -0.4 is 10.6 Å². The summed E-state index contributed by atoms with van der Waals surface area (Å²) in [6, 6.07) is 4.09. The zero-order valence-electron chi connectivity index (χ0n) is 14.1. The number of halogens is 2. The maximum absolute atomic E-state index is 13.0.